The molecule has 6 nitrogen and oxygen atoms in total. The second-order valence-corrected chi connectivity index (χ2v) is 10.3. The number of ether oxygens (including phenoxy) is 1. The first-order valence-corrected chi connectivity index (χ1v) is 13.9. The third-order valence-corrected chi connectivity index (χ3v) is 7.37. The highest BCUT2D eigenvalue weighted by molar-refractivity contribution is 5.34. The first-order valence-electron chi connectivity index (χ1n) is 13.9. The van der Waals surface area contributed by atoms with Crippen molar-refractivity contribution in [2.24, 2.45) is 11.8 Å². The summed E-state index contributed by atoms with van der Waals surface area (Å²) in [6.07, 6.45) is 2.14. The molecular formula is C35H32N2O4. The largest absolute Gasteiger partial charge is 0.475 e. The Hall–Kier alpha value is -4.65. The fraction of sp³-hybridized carbons (Fsp3) is 0.171. The number of rotatable bonds is 11. The Morgan fingerprint density at radius 3 is 1.51 bits per heavy atom. The molecule has 1 aliphatic rings. The van der Waals surface area contributed by atoms with Crippen LogP contribution in [0.1, 0.15) is 59.1 Å². The highest BCUT2D eigenvalue weighted by atomic mass is 16.7. The van der Waals surface area contributed by atoms with Crippen LogP contribution in [0.3, 0.4) is 0 Å². The molecule has 1 saturated carbocycles. The highest BCUT2D eigenvalue weighted by Crippen LogP contribution is 2.42. The van der Waals surface area contributed by atoms with E-state index in [-0.39, 0.29) is 17.1 Å². The van der Waals surface area contributed by atoms with Gasteiger partial charge in [0.25, 0.3) is 0 Å². The van der Waals surface area contributed by atoms with E-state index in [0.717, 1.165) is 35.1 Å². The van der Waals surface area contributed by atoms with Crippen molar-refractivity contribution >= 4 is 0 Å². The molecule has 206 valence electrons. The molecule has 1 heterocycles. The minimum Gasteiger partial charge on any atom is -0.475 e. The molecule has 0 saturated heterocycles. The van der Waals surface area contributed by atoms with E-state index in [1.165, 1.54) is 6.07 Å². The van der Waals surface area contributed by atoms with E-state index in [9.17, 15) is 4.79 Å². The Morgan fingerprint density at radius 2 is 1.10 bits per heavy atom. The van der Waals surface area contributed by atoms with Crippen molar-refractivity contribution in [2.45, 2.75) is 31.2 Å². The van der Waals surface area contributed by atoms with Crippen molar-refractivity contribution in [3.63, 3.8) is 0 Å². The van der Waals surface area contributed by atoms with Gasteiger partial charge in [0.2, 0.25) is 5.43 Å². The van der Waals surface area contributed by atoms with Crippen LogP contribution in [0.5, 0.6) is 5.75 Å². The zero-order chi connectivity index (χ0) is 28.0. The maximum Gasteiger partial charge on any atom is 0.224 e. The molecule has 0 aliphatic heterocycles. The summed E-state index contributed by atoms with van der Waals surface area (Å²) in [4.78, 5) is 25.7. The second kappa shape index (κ2) is 12.3. The minimum atomic E-state index is -0.492. The van der Waals surface area contributed by atoms with Gasteiger partial charge < -0.3 is 9.57 Å². The summed E-state index contributed by atoms with van der Waals surface area (Å²) in [5, 5.41) is 0. The lowest BCUT2D eigenvalue weighted by Crippen LogP contribution is -2.28. The van der Waals surface area contributed by atoms with Gasteiger partial charge in [0.1, 0.15) is 12.2 Å². The lowest BCUT2D eigenvalue weighted by Gasteiger charge is -2.27. The van der Waals surface area contributed by atoms with Gasteiger partial charge in [-0.05, 0) is 41.0 Å². The van der Waals surface area contributed by atoms with Crippen LogP contribution in [0.4, 0.5) is 0 Å². The van der Waals surface area contributed by atoms with Gasteiger partial charge in [-0.1, -0.05) is 121 Å². The van der Waals surface area contributed by atoms with Crippen molar-refractivity contribution in [3.05, 3.63) is 172 Å². The summed E-state index contributed by atoms with van der Waals surface area (Å²) in [5.41, 5.74) is 4.09. The number of hydrogen-bond donors (Lipinski definition) is 1. The molecule has 2 N–H and O–H groups in total. The summed E-state index contributed by atoms with van der Waals surface area (Å²) in [7, 11) is 0. The molecule has 0 spiro atoms. The van der Waals surface area contributed by atoms with Crippen molar-refractivity contribution in [2.75, 3.05) is 0 Å². The van der Waals surface area contributed by atoms with Gasteiger partial charge in [0, 0.05) is 6.07 Å². The summed E-state index contributed by atoms with van der Waals surface area (Å²) in [6, 6.07) is 41.2. The molecule has 41 heavy (non-hydrogen) atoms. The molecule has 1 fully saturated rings. The topological polar surface area (TPSA) is 75.7 Å². The Kier molecular flexibility index (Phi) is 7.94. The Balaban J connectivity index is 1.45. The van der Waals surface area contributed by atoms with E-state index in [1.54, 1.807) is 10.9 Å². The number of hydrogen-bond acceptors (Lipinski definition) is 5. The van der Waals surface area contributed by atoms with Gasteiger partial charge in [-0.25, -0.2) is 5.90 Å². The fourth-order valence-electron chi connectivity index (χ4n) is 5.12. The molecule has 1 unspecified atom stereocenters. The van der Waals surface area contributed by atoms with Crippen LogP contribution in [0, 0.1) is 5.92 Å². The van der Waals surface area contributed by atoms with E-state index in [2.05, 4.69) is 0 Å². The molecule has 1 aromatic heterocycles. The van der Waals surface area contributed by atoms with Crippen molar-refractivity contribution in [1.29, 1.82) is 0 Å². The van der Waals surface area contributed by atoms with E-state index < -0.39 is 18.3 Å². The third kappa shape index (κ3) is 6.09. The Labute approximate surface area is 239 Å². The van der Waals surface area contributed by atoms with Crippen molar-refractivity contribution < 1.29 is 14.4 Å². The summed E-state index contributed by atoms with van der Waals surface area (Å²) >= 11 is 0. The molecule has 1 aliphatic carbocycles. The van der Waals surface area contributed by atoms with E-state index in [0.29, 0.717) is 5.69 Å². The third-order valence-electron chi connectivity index (χ3n) is 7.37. The maximum atomic E-state index is 13.6. The van der Waals surface area contributed by atoms with Gasteiger partial charge in [0.05, 0.1) is 11.9 Å². The Bertz CT molecular complexity index is 1530. The fourth-order valence-corrected chi connectivity index (χ4v) is 5.12. The monoisotopic (exact) mass is 544 g/mol. The number of benzene rings is 4. The van der Waals surface area contributed by atoms with Gasteiger partial charge in [-0.2, -0.15) is 4.73 Å². The normalized spacial score (nSPS) is 13.7. The molecular weight excluding hydrogens is 512 g/mol. The Morgan fingerprint density at radius 1 is 0.659 bits per heavy atom. The minimum absolute atomic E-state index is 0.165. The van der Waals surface area contributed by atoms with Gasteiger partial charge in [-0.3, -0.25) is 9.63 Å². The van der Waals surface area contributed by atoms with Gasteiger partial charge >= 0.3 is 0 Å². The molecule has 1 atom stereocenters. The molecule has 4 aromatic carbocycles. The van der Waals surface area contributed by atoms with Crippen LogP contribution in [0.2, 0.25) is 0 Å². The zero-order valence-corrected chi connectivity index (χ0v) is 22.6. The summed E-state index contributed by atoms with van der Waals surface area (Å²) in [6.45, 7) is 0. The first-order chi connectivity index (χ1) is 20.2. The predicted molar refractivity (Wildman–Crippen MR) is 158 cm³/mol. The molecule has 6 rings (SSSR count). The van der Waals surface area contributed by atoms with Crippen molar-refractivity contribution in [1.82, 2.24) is 4.73 Å². The van der Waals surface area contributed by atoms with Crippen LogP contribution >= 0.6 is 0 Å². The number of nitrogens with two attached hydrogens (primary N) is 1. The lowest BCUT2D eigenvalue weighted by molar-refractivity contribution is -0.00470. The van der Waals surface area contributed by atoms with E-state index in [1.807, 2.05) is 121 Å². The van der Waals surface area contributed by atoms with Crippen LogP contribution < -0.4 is 20.9 Å². The second-order valence-electron chi connectivity index (χ2n) is 10.3. The summed E-state index contributed by atoms with van der Waals surface area (Å²) in [5.74, 6) is 6.17. The molecule has 0 radical (unpaired) electrons. The maximum absolute atomic E-state index is 13.6. The number of nitrogens with zero attached hydrogens (tertiary/aromatic N) is 1. The van der Waals surface area contributed by atoms with Gasteiger partial charge in [0.15, 0.2) is 11.9 Å². The number of pyridine rings is 1. The van der Waals surface area contributed by atoms with E-state index >= 15 is 0 Å². The van der Waals surface area contributed by atoms with Crippen LogP contribution in [-0.2, 0) is 4.84 Å². The first kappa shape index (κ1) is 26.6. The predicted octanol–water partition coefficient (Wildman–Crippen LogP) is 6.58. The average Bonchev–Trinajstić information content (AvgIpc) is 3.87. The molecule has 5 aromatic rings. The smallest absolute Gasteiger partial charge is 0.224 e. The van der Waals surface area contributed by atoms with E-state index in [4.69, 9.17) is 20.3 Å². The quantitative estimate of drug-likeness (QED) is 0.190. The summed E-state index contributed by atoms with van der Waals surface area (Å²) < 4.78 is 8.13. The average molecular weight is 545 g/mol. The molecule has 0 amide bonds. The standard InChI is InChI=1S/C35H32N2O4/c36-40-35(29-21-22-29)30-23-31(38)32(39-33(25-13-5-1-6-14-25)26-15-7-2-8-16-26)24-37(30)41-34(27-17-9-3-10-18-27)28-19-11-4-12-20-28/h1-20,23-24,29,33-35H,21-22,36H2. The number of aromatic nitrogens is 1. The SMILES string of the molecule is NOC(c1cc(=O)c(OC(c2ccccc2)c2ccccc2)cn1OC(c1ccccc1)c1ccccc1)C1CC1. The zero-order valence-electron chi connectivity index (χ0n) is 22.6. The lowest BCUT2D eigenvalue weighted by atomic mass is 10.0. The van der Waals surface area contributed by atoms with Crippen LogP contribution in [0.25, 0.3) is 0 Å². The highest BCUT2D eigenvalue weighted by Gasteiger charge is 2.36. The van der Waals surface area contributed by atoms with Crippen LogP contribution in [0.15, 0.2) is 138 Å². The van der Waals surface area contributed by atoms with Crippen molar-refractivity contribution in [3.8, 4) is 5.75 Å². The van der Waals surface area contributed by atoms with Crippen LogP contribution in [-0.4, -0.2) is 4.73 Å². The van der Waals surface area contributed by atoms with Gasteiger partial charge in [-0.15, -0.1) is 0 Å². The molecule has 0 bridgehead atoms. The molecule has 6 heteroatoms.